The van der Waals surface area contributed by atoms with E-state index in [0.29, 0.717) is 25.9 Å². The first kappa shape index (κ1) is 81.3. The second-order valence-electron chi connectivity index (χ2n) is 33.1. The average molecular weight is 1650 g/mol. The molecule has 630 valence electrons. The van der Waals surface area contributed by atoms with Gasteiger partial charge in [-0.05, 0) is 123 Å². The molecule has 0 N–H and O–H groups in total. The second-order valence-corrected chi connectivity index (χ2v) is 33.1. The highest BCUT2D eigenvalue weighted by atomic mass is 16.5. The van der Waals surface area contributed by atoms with E-state index in [1.165, 1.54) is 83.7 Å². The molecule has 2 saturated heterocycles. The van der Waals surface area contributed by atoms with Gasteiger partial charge in [-0.1, -0.05) is 72.8 Å². The average Bonchev–Trinajstić information content (AvgIpc) is 1.78. The van der Waals surface area contributed by atoms with Crippen molar-refractivity contribution in [1.82, 2.24) is 117 Å². The lowest BCUT2D eigenvalue weighted by atomic mass is 9.89. The number of likely N-dealkylation sites (N-methyl/N-ethyl adjacent to an activating group) is 1. The number of carbonyl (C=O) groups is 1. The van der Waals surface area contributed by atoms with E-state index in [1.807, 2.05) is 107 Å². The molecular formula is C95H106N24O4. The molecular weight excluding hydrogens is 1540 g/mol. The fourth-order valence-electron chi connectivity index (χ4n) is 17.6. The Morgan fingerprint density at radius 2 is 0.821 bits per heavy atom. The van der Waals surface area contributed by atoms with Gasteiger partial charge >= 0.3 is 0 Å². The number of fused-ring (bicyclic) bond motifs is 9. The molecule has 28 nitrogen and oxygen atoms in total. The van der Waals surface area contributed by atoms with E-state index in [-0.39, 0.29) is 12.5 Å². The molecule has 5 aliphatic rings. The number of hydrogen-bond acceptors (Lipinski definition) is 18. The molecule has 20 rings (SSSR count). The largest absolute Gasteiger partial charge is 0.383 e. The van der Waals surface area contributed by atoms with Gasteiger partial charge in [-0.3, -0.25) is 42.7 Å². The lowest BCUT2D eigenvalue weighted by Crippen LogP contribution is -2.38. The summed E-state index contributed by atoms with van der Waals surface area (Å²) in [4.78, 5) is 47.9. The summed E-state index contributed by atoms with van der Waals surface area (Å²) in [5.74, 6) is 2.35. The van der Waals surface area contributed by atoms with Crippen molar-refractivity contribution < 1.29 is 19.0 Å². The van der Waals surface area contributed by atoms with Crippen LogP contribution in [-0.2, 0) is 151 Å². The molecule has 0 unspecified atom stereocenters. The Morgan fingerprint density at radius 3 is 1.28 bits per heavy atom. The molecule has 28 heteroatoms. The van der Waals surface area contributed by atoms with Crippen LogP contribution < -0.4 is 0 Å². The maximum absolute atomic E-state index is 12.1. The molecule has 0 spiro atoms. The molecule has 0 radical (unpaired) electrons. The SMILES string of the molecule is CN(C)C(=O)Cn1ccc(Cc2ncc3c(n2)-c2c(cn(C)c2-c2ccc(-c4cnn(CCN5CCOCC5)c4)cc2)CC3)n1.COCCn1cc(-c2cccc(Cc3c4c(cn3C)CCc3cnc(Cc5ccn(C)n5)nc3-4)c2)cn1.Cn1ccc(Cc2ncc3c(n2)-c2c(cn(C)c2Cc2cccc(-c4cnn(CCN5CCOCC5)c4)c2)CC3)n1. The lowest BCUT2D eigenvalue weighted by Gasteiger charge is -2.26. The van der Waals surface area contributed by atoms with E-state index in [2.05, 4.69) is 195 Å². The van der Waals surface area contributed by atoms with Gasteiger partial charge in [0.25, 0.3) is 0 Å². The van der Waals surface area contributed by atoms with Crippen LogP contribution in [0.5, 0.6) is 0 Å². The van der Waals surface area contributed by atoms with E-state index in [0.717, 1.165) is 222 Å². The minimum atomic E-state index is 0.00130. The van der Waals surface area contributed by atoms with Crippen molar-refractivity contribution in [2.24, 2.45) is 35.2 Å². The molecule has 3 aliphatic carbocycles. The number of nitrogens with zero attached hydrogens (tertiary/aromatic N) is 24. The summed E-state index contributed by atoms with van der Waals surface area (Å²) in [5, 5.41) is 27.4. The van der Waals surface area contributed by atoms with Crippen molar-refractivity contribution in [1.29, 1.82) is 0 Å². The fourth-order valence-corrected chi connectivity index (χ4v) is 17.6. The van der Waals surface area contributed by atoms with Crippen LogP contribution in [-0.4, -0.2) is 216 Å². The topological polar surface area (TPSA) is 254 Å². The Morgan fingerprint density at radius 1 is 0.407 bits per heavy atom. The predicted octanol–water partition coefficient (Wildman–Crippen LogP) is 11.0. The molecule has 2 aliphatic heterocycles. The Balaban J connectivity index is 0.000000126. The number of aryl methyl sites for hydroxylation is 11. The Bertz CT molecular complexity index is 6220. The zero-order chi connectivity index (χ0) is 84.0. The third kappa shape index (κ3) is 18.7. The number of morpholine rings is 2. The van der Waals surface area contributed by atoms with Gasteiger partial charge in [0.05, 0.1) is 130 Å². The molecule has 2 fully saturated rings. The van der Waals surface area contributed by atoms with Crippen molar-refractivity contribution in [2.45, 2.75) is 96.8 Å². The van der Waals surface area contributed by atoms with Crippen LogP contribution in [0.15, 0.2) is 184 Å². The first-order valence-corrected chi connectivity index (χ1v) is 42.8. The van der Waals surface area contributed by atoms with E-state index >= 15 is 0 Å². The van der Waals surface area contributed by atoms with Crippen LogP contribution in [0.1, 0.15) is 90.5 Å². The summed E-state index contributed by atoms with van der Waals surface area (Å²) < 4.78 is 34.2. The van der Waals surface area contributed by atoms with Gasteiger partial charge in [0.1, 0.15) is 24.0 Å². The Kier molecular flexibility index (Phi) is 24.1. The number of hydrogen-bond donors (Lipinski definition) is 0. The summed E-state index contributed by atoms with van der Waals surface area (Å²) in [6.07, 6.45) is 40.1. The van der Waals surface area contributed by atoms with Crippen molar-refractivity contribution in [3.05, 3.63) is 274 Å². The first-order valence-electron chi connectivity index (χ1n) is 42.8. The summed E-state index contributed by atoms with van der Waals surface area (Å²) in [6.45, 7) is 12.6. The number of aromatic nitrogens is 21. The zero-order valence-corrected chi connectivity index (χ0v) is 71.6. The van der Waals surface area contributed by atoms with E-state index in [9.17, 15) is 4.79 Å². The zero-order valence-electron chi connectivity index (χ0n) is 71.6. The van der Waals surface area contributed by atoms with E-state index in [4.69, 9.17) is 39.1 Å². The first-order chi connectivity index (χ1) is 60.1. The third-order valence-electron chi connectivity index (χ3n) is 24.2. The highest BCUT2D eigenvalue weighted by molar-refractivity contribution is 5.86. The number of benzene rings is 3. The van der Waals surface area contributed by atoms with Crippen LogP contribution in [0, 0.1) is 0 Å². The van der Waals surface area contributed by atoms with E-state index in [1.54, 1.807) is 30.8 Å². The molecule has 15 aromatic rings. The van der Waals surface area contributed by atoms with Crippen LogP contribution in [0.4, 0.5) is 0 Å². The van der Waals surface area contributed by atoms with Crippen LogP contribution in [0.3, 0.4) is 0 Å². The minimum absolute atomic E-state index is 0.00130. The number of methoxy groups -OCH3 is 1. The quantitative estimate of drug-likeness (QED) is 0.0515. The molecule has 3 aromatic carbocycles. The van der Waals surface area contributed by atoms with Crippen molar-refractivity contribution >= 4 is 5.91 Å². The maximum Gasteiger partial charge on any atom is 0.243 e. The maximum atomic E-state index is 12.1. The number of carbonyl (C=O) groups excluding carboxylic acids is 1. The highest BCUT2D eigenvalue weighted by Gasteiger charge is 2.30. The number of ether oxygens (including phenoxy) is 3. The second kappa shape index (κ2) is 36.5. The monoisotopic (exact) mass is 1650 g/mol. The summed E-state index contributed by atoms with van der Waals surface area (Å²) in [7, 11) is 15.5. The van der Waals surface area contributed by atoms with Gasteiger partial charge in [-0.25, -0.2) is 29.9 Å². The molecule has 0 atom stereocenters. The summed E-state index contributed by atoms with van der Waals surface area (Å²) >= 11 is 0. The fraction of sp³-hybridized carbons (Fsp3) is 0.358. The van der Waals surface area contributed by atoms with Crippen molar-refractivity contribution in [2.75, 3.05) is 93.5 Å². The lowest BCUT2D eigenvalue weighted by molar-refractivity contribution is -0.129. The Hall–Kier alpha value is -12.7. The van der Waals surface area contributed by atoms with E-state index < -0.39 is 0 Å². The summed E-state index contributed by atoms with van der Waals surface area (Å²) in [5.41, 5.74) is 31.7. The van der Waals surface area contributed by atoms with Gasteiger partial charge in [-0.15, -0.1) is 0 Å². The van der Waals surface area contributed by atoms with Gasteiger partial charge in [0, 0.05) is 228 Å². The number of amides is 1. The number of rotatable bonds is 25. The highest BCUT2D eigenvalue weighted by Crippen LogP contribution is 2.43. The van der Waals surface area contributed by atoms with Crippen LogP contribution >= 0.6 is 0 Å². The minimum Gasteiger partial charge on any atom is -0.383 e. The van der Waals surface area contributed by atoms with Crippen LogP contribution in [0.2, 0.25) is 0 Å². The molecule has 14 heterocycles. The molecule has 0 saturated carbocycles. The molecule has 123 heavy (non-hydrogen) atoms. The van der Waals surface area contributed by atoms with Gasteiger partial charge in [-0.2, -0.15) is 30.6 Å². The molecule has 0 bridgehead atoms. The normalized spacial score (nSPS) is 14.2. The van der Waals surface area contributed by atoms with Gasteiger partial charge in [0.2, 0.25) is 5.91 Å². The summed E-state index contributed by atoms with van der Waals surface area (Å²) in [6, 6.07) is 32.4. The van der Waals surface area contributed by atoms with Gasteiger partial charge in [0.15, 0.2) is 0 Å². The molecule has 12 aromatic heterocycles. The van der Waals surface area contributed by atoms with Gasteiger partial charge < -0.3 is 32.8 Å². The Labute approximate surface area is 716 Å². The smallest absolute Gasteiger partial charge is 0.243 e. The van der Waals surface area contributed by atoms with Crippen LogP contribution in [0.25, 0.3) is 78.4 Å². The van der Waals surface area contributed by atoms with Crippen molar-refractivity contribution in [3.63, 3.8) is 0 Å². The molecule has 1 amide bonds. The standard InChI is InChI=1S/C34H39N9O2.C32H36N8O.C29H31N7O/c1-39(2)31(44)23-43-11-10-29(38-43)18-30-35-19-26-8-9-27-21-40(3)34(32(27)33(26)37-30)25-6-4-24(5-7-25)28-20-36-42(22-28)13-12-41-14-16-45-17-15-41;1-37-21-26-7-6-25-19-33-30(18-28-8-9-38(2)36-28)35-32(25)31(26)29(37)17-23-4-3-5-24(16-23)27-20-34-40(22-27)11-10-39-12-14-41-15-13-39;1-34-18-23-8-7-22-16-30-27(15-25-9-10-35(2)33-25)32-29(22)28(23)26(34)14-20-5-4-6-21(13-20)24-17-31-36(19-24)11-12-37-3/h4-7,10-11,19-22H,8-9,12-18,23H2,1-3H3;3-5,8-9,16,19-22H,6-7,10-15,17-18H2,1-2H3;4-6,9-10,13,16-19H,7-8,11-12,14-15H2,1-3H3. The third-order valence-corrected chi connectivity index (χ3v) is 24.2. The van der Waals surface area contributed by atoms with Crippen molar-refractivity contribution in [3.8, 4) is 78.4 Å². The predicted molar refractivity (Wildman–Crippen MR) is 471 cm³/mol.